The fourth-order valence-corrected chi connectivity index (χ4v) is 2.34. The van der Waals surface area contributed by atoms with E-state index >= 15 is 0 Å². The van der Waals surface area contributed by atoms with Crippen LogP contribution in [0.5, 0.6) is 0 Å². The molecular formula is C13H16FN5. The summed E-state index contributed by atoms with van der Waals surface area (Å²) in [6.07, 6.45) is 3.54. The first-order valence-electron chi connectivity index (χ1n) is 6.47. The fourth-order valence-electron chi connectivity index (χ4n) is 2.34. The number of nitrogens with two attached hydrogens (primary N) is 1. The number of hydrogen-bond donors (Lipinski definition) is 1. The van der Waals surface area contributed by atoms with Crippen LogP contribution in [0.2, 0.25) is 0 Å². The number of piperidine rings is 1. The molecule has 0 amide bonds. The molecule has 0 unspecified atom stereocenters. The molecule has 0 bridgehead atoms. The highest BCUT2D eigenvalue weighted by atomic mass is 19.1. The van der Waals surface area contributed by atoms with E-state index in [0.717, 1.165) is 25.9 Å². The van der Waals surface area contributed by atoms with Gasteiger partial charge in [0.15, 0.2) is 0 Å². The number of benzene rings is 1. The second-order valence-corrected chi connectivity index (χ2v) is 4.71. The van der Waals surface area contributed by atoms with E-state index in [1.165, 1.54) is 23.2 Å². The molecule has 0 radical (unpaired) electrons. The Balaban J connectivity index is 1.92. The molecular weight excluding hydrogens is 245 g/mol. The summed E-state index contributed by atoms with van der Waals surface area (Å²) in [6.45, 7) is 1.90. The van der Waals surface area contributed by atoms with E-state index in [4.69, 9.17) is 5.73 Å². The SMILES string of the molecule is Nc1nc(N2CCCCC2)nn1-c1cccc(F)c1. The van der Waals surface area contributed by atoms with Crippen molar-refractivity contribution in [3.63, 3.8) is 0 Å². The van der Waals surface area contributed by atoms with E-state index in [2.05, 4.69) is 15.0 Å². The van der Waals surface area contributed by atoms with Gasteiger partial charge in [-0.15, -0.1) is 5.10 Å². The third kappa shape index (κ3) is 2.38. The first-order chi connectivity index (χ1) is 9.24. The van der Waals surface area contributed by atoms with E-state index in [1.54, 1.807) is 12.1 Å². The summed E-state index contributed by atoms with van der Waals surface area (Å²) in [5.41, 5.74) is 6.46. The van der Waals surface area contributed by atoms with Crippen molar-refractivity contribution in [3.8, 4) is 5.69 Å². The molecule has 3 rings (SSSR count). The highest BCUT2D eigenvalue weighted by Crippen LogP contribution is 2.20. The summed E-state index contributed by atoms with van der Waals surface area (Å²) in [7, 11) is 0. The summed E-state index contributed by atoms with van der Waals surface area (Å²) in [6, 6.07) is 6.17. The van der Waals surface area contributed by atoms with Gasteiger partial charge < -0.3 is 10.6 Å². The van der Waals surface area contributed by atoms with E-state index in [-0.39, 0.29) is 11.8 Å². The molecule has 0 atom stereocenters. The number of aromatic nitrogens is 3. The van der Waals surface area contributed by atoms with E-state index in [9.17, 15) is 4.39 Å². The fraction of sp³-hybridized carbons (Fsp3) is 0.385. The van der Waals surface area contributed by atoms with Gasteiger partial charge in [0.25, 0.3) is 0 Å². The molecule has 0 aliphatic carbocycles. The molecule has 1 aromatic carbocycles. The monoisotopic (exact) mass is 261 g/mol. The second-order valence-electron chi connectivity index (χ2n) is 4.71. The number of anilines is 2. The molecule has 1 aromatic heterocycles. The lowest BCUT2D eigenvalue weighted by atomic mass is 10.1. The van der Waals surface area contributed by atoms with Gasteiger partial charge >= 0.3 is 0 Å². The zero-order valence-corrected chi connectivity index (χ0v) is 10.6. The minimum atomic E-state index is -0.313. The van der Waals surface area contributed by atoms with Gasteiger partial charge in [-0.1, -0.05) is 6.07 Å². The van der Waals surface area contributed by atoms with Crippen molar-refractivity contribution in [2.24, 2.45) is 0 Å². The van der Waals surface area contributed by atoms with E-state index < -0.39 is 0 Å². The largest absolute Gasteiger partial charge is 0.368 e. The molecule has 1 fully saturated rings. The Bertz CT molecular complexity index is 574. The van der Waals surface area contributed by atoms with Gasteiger partial charge in [0, 0.05) is 13.1 Å². The molecule has 100 valence electrons. The summed E-state index contributed by atoms with van der Waals surface area (Å²) in [5.74, 6) is 0.597. The summed E-state index contributed by atoms with van der Waals surface area (Å²) >= 11 is 0. The van der Waals surface area contributed by atoms with Crippen molar-refractivity contribution in [3.05, 3.63) is 30.1 Å². The molecule has 1 saturated heterocycles. The van der Waals surface area contributed by atoms with Crippen molar-refractivity contribution in [2.45, 2.75) is 19.3 Å². The first-order valence-corrected chi connectivity index (χ1v) is 6.47. The molecule has 1 aliphatic heterocycles. The molecule has 0 saturated carbocycles. The van der Waals surface area contributed by atoms with Crippen LogP contribution in [0.4, 0.5) is 16.3 Å². The maximum atomic E-state index is 13.2. The number of hydrogen-bond acceptors (Lipinski definition) is 4. The molecule has 0 spiro atoms. The van der Waals surface area contributed by atoms with Gasteiger partial charge in [0.1, 0.15) is 5.82 Å². The van der Waals surface area contributed by atoms with Crippen LogP contribution in [0.1, 0.15) is 19.3 Å². The van der Waals surface area contributed by atoms with Crippen LogP contribution in [0.3, 0.4) is 0 Å². The van der Waals surface area contributed by atoms with Crippen molar-refractivity contribution < 1.29 is 4.39 Å². The highest BCUT2D eigenvalue weighted by Gasteiger charge is 2.17. The van der Waals surface area contributed by atoms with E-state index in [1.807, 2.05) is 0 Å². The predicted octanol–water partition coefficient (Wildman–Crippen LogP) is 1.98. The van der Waals surface area contributed by atoms with Gasteiger partial charge in [-0.2, -0.15) is 9.67 Å². The zero-order chi connectivity index (χ0) is 13.2. The smallest absolute Gasteiger partial charge is 0.246 e. The van der Waals surface area contributed by atoms with Crippen LogP contribution in [-0.2, 0) is 0 Å². The normalized spacial score (nSPS) is 15.7. The van der Waals surface area contributed by atoms with Crippen molar-refractivity contribution in [2.75, 3.05) is 23.7 Å². The Hall–Kier alpha value is -2.11. The Kier molecular flexibility index (Phi) is 3.06. The topological polar surface area (TPSA) is 60.0 Å². The van der Waals surface area contributed by atoms with Crippen molar-refractivity contribution in [1.29, 1.82) is 0 Å². The Morgan fingerprint density at radius 1 is 1.16 bits per heavy atom. The van der Waals surface area contributed by atoms with Gasteiger partial charge in [0.05, 0.1) is 5.69 Å². The lowest BCUT2D eigenvalue weighted by molar-refractivity contribution is 0.567. The Labute approximate surface area is 110 Å². The third-order valence-corrected chi connectivity index (χ3v) is 3.31. The van der Waals surface area contributed by atoms with Gasteiger partial charge in [-0.25, -0.2) is 4.39 Å². The molecule has 6 heteroatoms. The highest BCUT2D eigenvalue weighted by molar-refractivity contribution is 5.43. The minimum absolute atomic E-state index is 0.283. The maximum absolute atomic E-state index is 13.2. The first kappa shape index (κ1) is 12.0. The average molecular weight is 261 g/mol. The van der Waals surface area contributed by atoms with Crippen LogP contribution < -0.4 is 10.6 Å². The van der Waals surface area contributed by atoms with Crippen molar-refractivity contribution >= 4 is 11.9 Å². The lowest BCUT2D eigenvalue weighted by Crippen LogP contribution is -2.30. The van der Waals surface area contributed by atoms with Gasteiger partial charge in [-0.05, 0) is 37.5 Å². The van der Waals surface area contributed by atoms with E-state index in [0.29, 0.717) is 11.6 Å². The molecule has 2 N–H and O–H groups in total. The molecule has 19 heavy (non-hydrogen) atoms. The zero-order valence-electron chi connectivity index (χ0n) is 10.6. The number of nitrogen functional groups attached to an aromatic ring is 1. The summed E-state index contributed by atoms with van der Waals surface area (Å²) < 4.78 is 14.7. The van der Waals surface area contributed by atoms with Gasteiger partial charge in [-0.3, -0.25) is 0 Å². The molecule has 1 aliphatic rings. The van der Waals surface area contributed by atoms with Crippen LogP contribution in [0, 0.1) is 5.82 Å². The molecule has 2 heterocycles. The second kappa shape index (κ2) is 4.87. The van der Waals surface area contributed by atoms with Crippen LogP contribution in [0.15, 0.2) is 24.3 Å². The Morgan fingerprint density at radius 3 is 2.68 bits per heavy atom. The summed E-state index contributed by atoms with van der Waals surface area (Å²) in [5, 5.41) is 4.38. The molecule has 5 nitrogen and oxygen atoms in total. The minimum Gasteiger partial charge on any atom is -0.368 e. The number of rotatable bonds is 2. The standard InChI is InChI=1S/C13H16FN5/c14-10-5-4-6-11(9-10)19-12(15)16-13(17-19)18-7-2-1-3-8-18/h4-6,9H,1-3,7-8H2,(H2,15,16,17). The van der Waals surface area contributed by atoms with Crippen molar-refractivity contribution in [1.82, 2.24) is 14.8 Å². The average Bonchev–Trinajstić information content (AvgIpc) is 2.82. The van der Waals surface area contributed by atoms with Crippen LogP contribution in [0.25, 0.3) is 5.69 Å². The third-order valence-electron chi connectivity index (χ3n) is 3.31. The lowest BCUT2D eigenvalue weighted by Gasteiger charge is -2.24. The number of halogens is 1. The molecule has 2 aromatic rings. The quantitative estimate of drug-likeness (QED) is 0.898. The Morgan fingerprint density at radius 2 is 1.95 bits per heavy atom. The maximum Gasteiger partial charge on any atom is 0.246 e. The van der Waals surface area contributed by atoms with Crippen LogP contribution >= 0.6 is 0 Å². The van der Waals surface area contributed by atoms with Crippen LogP contribution in [-0.4, -0.2) is 27.9 Å². The van der Waals surface area contributed by atoms with Gasteiger partial charge in [0.2, 0.25) is 11.9 Å². The summed E-state index contributed by atoms with van der Waals surface area (Å²) in [4.78, 5) is 6.39. The predicted molar refractivity (Wildman–Crippen MR) is 71.8 cm³/mol. The number of nitrogens with zero attached hydrogens (tertiary/aromatic N) is 4.